The highest BCUT2D eigenvalue weighted by Crippen LogP contribution is 2.46. The fourth-order valence-corrected chi connectivity index (χ4v) is 5.19. The van der Waals surface area contributed by atoms with E-state index < -0.39 is 29.2 Å². The summed E-state index contributed by atoms with van der Waals surface area (Å²) in [5.41, 5.74) is 18.9. The molecule has 4 aromatic carbocycles. The van der Waals surface area contributed by atoms with Crippen molar-refractivity contribution in [3.05, 3.63) is 146 Å². The van der Waals surface area contributed by atoms with Crippen molar-refractivity contribution in [2.75, 3.05) is 13.2 Å². The lowest BCUT2D eigenvalue weighted by atomic mass is 9.81. The number of amides is 1. The van der Waals surface area contributed by atoms with Gasteiger partial charge < -0.3 is 19.9 Å². The largest absolute Gasteiger partial charge is 0.494 e. The van der Waals surface area contributed by atoms with Gasteiger partial charge in [0, 0.05) is 58.3 Å². The molecule has 0 saturated carbocycles. The van der Waals surface area contributed by atoms with Crippen LogP contribution in [-0.4, -0.2) is 35.7 Å². The Bertz CT molecular complexity index is 1890. The summed E-state index contributed by atoms with van der Waals surface area (Å²) in [6.45, 7) is 0.132. The van der Waals surface area contributed by atoms with Crippen LogP contribution in [0.1, 0.15) is 34.8 Å². The van der Waals surface area contributed by atoms with E-state index in [1.807, 2.05) is 0 Å². The molecular formula is C33H28F2N8O4. The van der Waals surface area contributed by atoms with Crippen LogP contribution >= 0.6 is 0 Å². The number of aliphatic imine (C=N–C) groups is 1. The molecule has 1 aliphatic rings. The molecule has 0 spiro atoms. The van der Waals surface area contributed by atoms with Gasteiger partial charge in [0.05, 0.1) is 6.61 Å². The van der Waals surface area contributed by atoms with Gasteiger partial charge in [0.2, 0.25) is 5.90 Å². The molecule has 47 heavy (non-hydrogen) atoms. The molecule has 2 N–H and O–H groups in total. The Balaban J connectivity index is 1.64. The van der Waals surface area contributed by atoms with Crippen LogP contribution < -0.4 is 10.1 Å². The van der Waals surface area contributed by atoms with Crippen molar-refractivity contribution in [1.82, 2.24) is 5.32 Å². The molecule has 4 aromatic rings. The minimum absolute atomic E-state index is 0.00943. The molecule has 1 heterocycles. The Kier molecular flexibility index (Phi) is 10.3. The predicted molar refractivity (Wildman–Crippen MR) is 169 cm³/mol. The number of azide groups is 2. The third-order valence-electron chi connectivity index (χ3n) is 7.44. The van der Waals surface area contributed by atoms with Crippen LogP contribution in [-0.2, 0) is 22.5 Å². The second-order valence-corrected chi connectivity index (χ2v) is 10.5. The van der Waals surface area contributed by atoms with Crippen molar-refractivity contribution in [2.24, 2.45) is 15.2 Å². The number of hydrogen-bond acceptors (Lipinski definition) is 7. The van der Waals surface area contributed by atoms with Crippen LogP contribution in [0.2, 0.25) is 0 Å². The summed E-state index contributed by atoms with van der Waals surface area (Å²) in [5, 5.41) is 19.5. The first-order valence-corrected chi connectivity index (χ1v) is 14.5. The van der Waals surface area contributed by atoms with Crippen LogP contribution in [0.4, 0.5) is 20.2 Å². The Morgan fingerprint density at radius 3 is 2.38 bits per heavy atom. The van der Waals surface area contributed by atoms with Crippen molar-refractivity contribution in [3.8, 4) is 5.75 Å². The standard InChI is InChI=1S/C33H28F2N8O4/c34-26-15-10-21(18-27(26)35)20-38-32(45)33(19-23-6-1-3-8-28(23)40-42-36)30(25-7-2-4-9-29(25)41-43-37)47-31(39-33)22-11-13-24(14-12-22)46-17-5-16-44/h1-4,6-15,18,30,44H,5,16-17,19-20H2,(H,38,45)/t30-,33-/m1/s1. The van der Waals surface area contributed by atoms with Gasteiger partial charge in [-0.05, 0) is 58.6 Å². The van der Waals surface area contributed by atoms with E-state index in [9.17, 15) is 24.6 Å². The second kappa shape index (κ2) is 14.9. The molecule has 0 radical (unpaired) electrons. The van der Waals surface area contributed by atoms with Gasteiger partial charge in [-0.3, -0.25) is 4.79 Å². The van der Waals surface area contributed by atoms with E-state index in [1.165, 1.54) is 6.07 Å². The number of rotatable bonds is 13. The molecule has 0 bridgehead atoms. The third kappa shape index (κ3) is 7.32. The van der Waals surface area contributed by atoms with Gasteiger partial charge >= 0.3 is 0 Å². The van der Waals surface area contributed by atoms with Crippen molar-refractivity contribution in [2.45, 2.75) is 31.0 Å². The summed E-state index contributed by atoms with van der Waals surface area (Å²) in [6.07, 6.45) is -0.834. The number of carbonyl (C=O) groups is 1. The summed E-state index contributed by atoms with van der Waals surface area (Å²) in [6, 6.07) is 23.4. The normalized spacial score (nSPS) is 16.7. The lowest BCUT2D eigenvalue weighted by Crippen LogP contribution is -2.49. The van der Waals surface area contributed by atoms with Gasteiger partial charge in [-0.2, -0.15) is 0 Å². The molecule has 14 heteroatoms. The zero-order chi connectivity index (χ0) is 33.2. The number of nitrogens with zero attached hydrogens (tertiary/aromatic N) is 7. The van der Waals surface area contributed by atoms with E-state index in [2.05, 4.69) is 25.4 Å². The molecule has 0 unspecified atom stereocenters. The minimum atomic E-state index is -1.79. The first kappa shape index (κ1) is 32.5. The molecule has 12 nitrogen and oxygen atoms in total. The van der Waals surface area contributed by atoms with Gasteiger partial charge in [-0.25, -0.2) is 13.8 Å². The number of aliphatic hydroxyl groups is 1. The van der Waals surface area contributed by atoms with Gasteiger partial charge in [-0.15, -0.1) is 0 Å². The Hall–Kier alpha value is -5.94. The SMILES string of the molecule is [N-]=[N+]=Nc1ccccc1C[C@@]1(C(=O)NCc2ccc(F)c(F)c2)N=C(c2ccc(OCCCO)cc2)O[C@@H]1c1ccccc1N=[N+]=[N-]. The molecule has 5 rings (SSSR count). The van der Waals surface area contributed by atoms with Crippen LogP contribution in [0.15, 0.2) is 106 Å². The average Bonchev–Trinajstić information content (AvgIpc) is 3.47. The number of carbonyl (C=O) groups excluding carboxylic acids is 1. The molecule has 0 aliphatic carbocycles. The van der Waals surface area contributed by atoms with Crippen molar-refractivity contribution in [3.63, 3.8) is 0 Å². The smallest absolute Gasteiger partial charge is 0.252 e. The lowest BCUT2D eigenvalue weighted by Gasteiger charge is -2.31. The lowest BCUT2D eigenvalue weighted by molar-refractivity contribution is -0.129. The Labute approximate surface area is 267 Å². The summed E-state index contributed by atoms with van der Waals surface area (Å²) in [4.78, 5) is 25.2. The number of benzene rings is 4. The van der Waals surface area contributed by atoms with Gasteiger partial charge in [0.15, 0.2) is 23.3 Å². The number of nitrogens with one attached hydrogen (secondary N) is 1. The van der Waals surface area contributed by atoms with Crippen molar-refractivity contribution >= 4 is 23.2 Å². The van der Waals surface area contributed by atoms with E-state index in [1.54, 1.807) is 72.8 Å². The third-order valence-corrected chi connectivity index (χ3v) is 7.44. The first-order valence-electron chi connectivity index (χ1n) is 14.5. The average molecular weight is 639 g/mol. The molecule has 2 atom stereocenters. The highest BCUT2D eigenvalue weighted by molar-refractivity contribution is 6.01. The molecular weight excluding hydrogens is 610 g/mol. The van der Waals surface area contributed by atoms with Gasteiger partial charge in [0.1, 0.15) is 5.75 Å². The van der Waals surface area contributed by atoms with Crippen molar-refractivity contribution < 1.29 is 28.2 Å². The monoisotopic (exact) mass is 638 g/mol. The number of halogens is 2. The van der Waals surface area contributed by atoms with E-state index in [0.29, 0.717) is 41.0 Å². The molecule has 0 fully saturated rings. The molecule has 1 amide bonds. The van der Waals surface area contributed by atoms with Gasteiger partial charge in [0.25, 0.3) is 5.91 Å². The zero-order valence-electron chi connectivity index (χ0n) is 24.8. The predicted octanol–water partition coefficient (Wildman–Crippen LogP) is 7.43. The van der Waals surface area contributed by atoms with Gasteiger partial charge in [-0.1, -0.05) is 64.8 Å². The summed E-state index contributed by atoms with van der Waals surface area (Å²) >= 11 is 0. The topological polar surface area (TPSA) is 178 Å². The van der Waals surface area contributed by atoms with Crippen molar-refractivity contribution in [1.29, 1.82) is 0 Å². The summed E-state index contributed by atoms with van der Waals surface area (Å²) in [5.74, 6) is -2.09. The Morgan fingerprint density at radius 1 is 0.957 bits per heavy atom. The Morgan fingerprint density at radius 2 is 1.66 bits per heavy atom. The van der Waals surface area contributed by atoms with E-state index in [4.69, 9.17) is 19.6 Å². The van der Waals surface area contributed by atoms with Crippen LogP contribution in [0, 0.1) is 11.6 Å². The van der Waals surface area contributed by atoms with Crippen LogP contribution in [0.3, 0.4) is 0 Å². The minimum Gasteiger partial charge on any atom is -0.494 e. The highest BCUT2D eigenvalue weighted by Gasteiger charge is 2.54. The molecule has 0 saturated heterocycles. The summed E-state index contributed by atoms with van der Waals surface area (Å²) < 4.78 is 39.7. The quantitative estimate of drug-likeness (QED) is 0.0670. The maximum Gasteiger partial charge on any atom is 0.252 e. The number of aliphatic hydroxyl groups excluding tert-OH is 1. The molecule has 238 valence electrons. The summed E-state index contributed by atoms with van der Waals surface area (Å²) in [7, 11) is 0. The van der Waals surface area contributed by atoms with E-state index in [0.717, 1.165) is 12.1 Å². The maximum atomic E-state index is 14.5. The second-order valence-electron chi connectivity index (χ2n) is 10.5. The maximum absolute atomic E-state index is 14.5. The molecule has 1 aliphatic heterocycles. The van der Waals surface area contributed by atoms with E-state index >= 15 is 0 Å². The van der Waals surface area contributed by atoms with Crippen LogP contribution in [0.5, 0.6) is 5.75 Å². The van der Waals surface area contributed by atoms with E-state index in [-0.39, 0.29) is 36.8 Å². The number of hydrogen-bond donors (Lipinski definition) is 2. The number of ether oxygens (including phenoxy) is 2. The van der Waals surface area contributed by atoms with Crippen LogP contribution in [0.25, 0.3) is 20.9 Å². The highest BCUT2D eigenvalue weighted by atomic mass is 19.2. The fraction of sp³-hybridized carbons (Fsp3) is 0.212. The molecule has 0 aromatic heterocycles. The fourth-order valence-electron chi connectivity index (χ4n) is 5.19. The first-order chi connectivity index (χ1) is 22.9. The zero-order valence-corrected chi connectivity index (χ0v) is 24.8.